The number of anilines is 2. The fourth-order valence-electron chi connectivity index (χ4n) is 3.21. The highest BCUT2D eigenvalue weighted by molar-refractivity contribution is 6.12. The highest BCUT2D eigenvalue weighted by atomic mass is 16.2. The Morgan fingerprint density at radius 3 is 2.27 bits per heavy atom. The van der Waals surface area contributed by atoms with E-state index in [-0.39, 0.29) is 17.2 Å². The lowest BCUT2D eigenvalue weighted by atomic mass is 10.1. The highest BCUT2D eigenvalue weighted by Crippen LogP contribution is 2.22. The summed E-state index contributed by atoms with van der Waals surface area (Å²) in [5.74, 6) is -0.756. The summed E-state index contributed by atoms with van der Waals surface area (Å²) in [5, 5.41) is 12.7. The van der Waals surface area contributed by atoms with Crippen LogP contribution in [0, 0.1) is 6.92 Å². The summed E-state index contributed by atoms with van der Waals surface area (Å²) in [5.41, 5.74) is 1.96. The molecule has 0 atom stereocenters. The standard InChI is InChI=1S/C23H18N4O3/c1-14-16(21(28)24-15-8-3-2-4-9-15)12-7-13-19(14)25-23(30)20-17-10-5-6-11-18(17)22(29)27-26-20/h2-13H,1H3,(H,24,28)(H,25,30)(H,27,29). The van der Waals surface area contributed by atoms with E-state index in [1.165, 1.54) is 0 Å². The molecule has 7 heteroatoms. The van der Waals surface area contributed by atoms with Gasteiger partial charge in [0.1, 0.15) is 0 Å². The molecule has 0 radical (unpaired) electrons. The normalized spacial score (nSPS) is 10.6. The van der Waals surface area contributed by atoms with Gasteiger partial charge >= 0.3 is 0 Å². The van der Waals surface area contributed by atoms with E-state index in [1.807, 2.05) is 18.2 Å². The molecular formula is C23H18N4O3. The minimum Gasteiger partial charge on any atom is -0.322 e. The number of aromatic amines is 1. The molecule has 0 unspecified atom stereocenters. The molecule has 4 rings (SSSR count). The summed E-state index contributed by atoms with van der Waals surface area (Å²) in [6.07, 6.45) is 0. The number of rotatable bonds is 4. The number of carbonyl (C=O) groups excluding carboxylic acids is 2. The number of nitrogens with one attached hydrogen (secondary N) is 3. The Bertz CT molecular complexity index is 1310. The van der Waals surface area contributed by atoms with Gasteiger partial charge in [0.25, 0.3) is 17.4 Å². The predicted octanol–water partition coefficient (Wildman–Crippen LogP) is 3.74. The molecule has 30 heavy (non-hydrogen) atoms. The van der Waals surface area contributed by atoms with Crippen molar-refractivity contribution in [3.05, 3.63) is 100.0 Å². The van der Waals surface area contributed by atoms with Crippen molar-refractivity contribution in [2.75, 3.05) is 10.6 Å². The van der Waals surface area contributed by atoms with Gasteiger partial charge in [0.15, 0.2) is 5.69 Å². The Labute approximate surface area is 171 Å². The highest BCUT2D eigenvalue weighted by Gasteiger charge is 2.17. The van der Waals surface area contributed by atoms with Gasteiger partial charge in [-0.15, -0.1) is 0 Å². The molecular weight excluding hydrogens is 380 g/mol. The number of para-hydroxylation sites is 1. The molecule has 3 aromatic carbocycles. The molecule has 0 bridgehead atoms. The second-order valence-electron chi connectivity index (χ2n) is 6.70. The van der Waals surface area contributed by atoms with Crippen LogP contribution in [0.2, 0.25) is 0 Å². The first-order valence-electron chi connectivity index (χ1n) is 9.29. The van der Waals surface area contributed by atoms with Crippen LogP contribution < -0.4 is 16.2 Å². The van der Waals surface area contributed by atoms with E-state index < -0.39 is 5.91 Å². The lowest BCUT2D eigenvalue weighted by Crippen LogP contribution is -2.20. The van der Waals surface area contributed by atoms with Crippen LogP contribution in [0.5, 0.6) is 0 Å². The molecule has 4 aromatic rings. The van der Waals surface area contributed by atoms with Gasteiger partial charge in [0, 0.05) is 22.3 Å². The lowest BCUT2D eigenvalue weighted by Gasteiger charge is -2.13. The van der Waals surface area contributed by atoms with Crippen molar-refractivity contribution in [3.63, 3.8) is 0 Å². The number of benzene rings is 3. The SMILES string of the molecule is Cc1c(NC(=O)c2n[nH]c(=O)c3ccccc23)cccc1C(=O)Nc1ccccc1. The quantitative estimate of drug-likeness (QED) is 0.487. The van der Waals surface area contributed by atoms with Crippen LogP contribution in [-0.4, -0.2) is 22.0 Å². The Morgan fingerprint density at radius 1 is 0.800 bits per heavy atom. The molecule has 0 saturated heterocycles. The van der Waals surface area contributed by atoms with Crippen molar-refractivity contribution >= 4 is 34.0 Å². The number of carbonyl (C=O) groups is 2. The third kappa shape index (κ3) is 3.68. The average Bonchev–Trinajstić information content (AvgIpc) is 2.76. The summed E-state index contributed by atoms with van der Waals surface area (Å²) < 4.78 is 0. The van der Waals surface area contributed by atoms with Crippen LogP contribution in [0.1, 0.15) is 26.4 Å². The van der Waals surface area contributed by atoms with Gasteiger partial charge in [-0.3, -0.25) is 14.4 Å². The molecule has 0 saturated carbocycles. The molecule has 3 N–H and O–H groups in total. The Balaban J connectivity index is 1.62. The zero-order chi connectivity index (χ0) is 21.1. The Morgan fingerprint density at radius 2 is 1.50 bits per heavy atom. The lowest BCUT2D eigenvalue weighted by molar-refractivity contribution is 0.101. The number of hydrogen-bond donors (Lipinski definition) is 3. The van der Waals surface area contributed by atoms with Gasteiger partial charge in [-0.2, -0.15) is 5.10 Å². The van der Waals surface area contributed by atoms with Crippen molar-refractivity contribution in [2.45, 2.75) is 6.92 Å². The molecule has 2 amide bonds. The number of fused-ring (bicyclic) bond motifs is 1. The zero-order valence-corrected chi connectivity index (χ0v) is 16.1. The Kier molecular flexibility index (Phi) is 5.09. The number of hydrogen-bond acceptors (Lipinski definition) is 4. The predicted molar refractivity (Wildman–Crippen MR) is 116 cm³/mol. The molecule has 0 fully saturated rings. The van der Waals surface area contributed by atoms with Crippen LogP contribution >= 0.6 is 0 Å². The van der Waals surface area contributed by atoms with Gasteiger partial charge in [0.2, 0.25) is 0 Å². The molecule has 1 aromatic heterocycles. The van der Waals surface area contributed by atoms with Gasteiger partial charge in [0.05, 0.1) is 5.39 Å². The molecule has 0 aliphatic carbocycles. The molecule has 0 aliphatic rings. The topological polar surface area (TPSA) is 104 Å². The van der Waals surface area contributed by atoms with Crippen molar-refractivity contribution in [2.24, 2.45) is 0 Å². The van der Waals surface area contributed by atoms with Crippen LogP contribution in [0.3, 0.4) is 0 Å². The molecule has 0 aliphatic heterocycles. The Hall–Kier alpha value is -4.26. The van der Waals surface area contributed by atoms with Gasteiger partial charge in [-0.25, -0.2) is 5.10 Å². The van der Waals surface area contributed by atoms with Crippen LogP contribution in [0.4, 0.5) is 11.4 Å². The second-order valence-corrected chi connectivity index (χ2v) is 6.70. The van der Waals surface area contributed by atoms with Crippen LogP contribution in [0.15, 0.2) is 77.6 Å². The number of nitrogens with zero attached hydrogens (tertiary/aromatic N) is 1. The van der Waals surface area contributed by atoms with E-state index in [0.717, 1.165) is 0 Å². The third-order valence-electron chi connectivity index (χ3n) is 4.77. The first kappa shape index (κ1) is 19.1. The molecule has 0 spiro atoms. The summed E-state index contributed by atoms with van der Waals surface area (Å²) in [7, 11) is 0. The molecule has 1 heterocycles. The average molecular weight is 398 g/mol. The van der Waals surface area contributed by atoms with E-state index >= 15 is 0 Å². The van der Waals surface area contributed by atoms with Gasteiger partial charge in [-0.05, 0) is 42.8 Å². The summed E-state index contributed by atoms with van der Waals surface area (Å²) in [6, 6.07) is 21.0. The van der Waals surface area contributed by atoms with E-state index in [4.69, 9.17) is 0 Å². The van der Waals surface area contributed by atoms with E-state index in [2.05, 4.69) is 20.8 Å². The fourth-order valence-corrected chi connectivity index (χ4v) is 3.21. The summed E-state index contributed by atoms with van der Waals surface area (Å²) in [4.78, 5) is 37.5. The zero-order valence-electron chi connectivity index (χ0n) is 16.1. The van der Waals surface area contributed by atoms with Crippen molar-refractivity contribution < 1.29 is 9.59 Å². The first-order chi connectivity index (χ1) is 14.5. The number of amides is 2. The van der Waals surface area contributed by atoms with Crippen molar-refractivity contribution in [1.29, 1.82) is 0 Å². The maximum absolute atomic E-state index is 12.9. The van der Waals surface area contributed by atoms with Crippen molar-refractivity contribution in [3.8, 4) is 0 Å². The fraction of sp³-hybridized carbons (Fsp3) is 0.0435. The van der Waals surface area contributed by atoms with Gasteiger partial charge < -0.3 is 10.6 Å². The smallest absolute Gasteiger partial charge is 0.276 e. The van der Waals surface area contributed by atoms with E-state index in [9.17, 15) is 14.4 Å². The largest absolute Gasteiger partial charge is 0.322 e. The summed E-state index contributed by atoms with van der Waals surface area (Å²) in [6.45, 7) is 1.76. The van der Waals surface area contributed by atoms with E-state index in [1.54, 1.807) is 61.5 Å². The minimum atomic E-state index is -0.480. The minimum absolute atomic E-state index is 0.101. The number of aromatic nitrogens is 2. The van der Waals surface area contributed by atoms with E-state index in [0.29, 0.717) is 33.3 Å². The van der Waals surface area contributed by atoms with Crippen LogP contribution in [-0.2, 0) is 0 Å². The van der Waals surface area contributed by atoms with Gasteiger partial charge in [-0.1, -0.05) is 42.5 Å². The maximum Gasteiger partial charge on any atom is 0.276 e. The number of H-pyrrole nitrogens is 1. The van der Waals surface area contributed by atoms with Crippen LogP contribution in [0.25, 0.3) is 10.8 Å². The van der Waals surface area contributed by atoms with Crippen molar-refractivity contribution in [1.82, 2.24) is 10.2 Å². The molecule has 148 valence electrons. The second kappa shape index (κ2) is 8.00. The monoisotopic (exact) mass is 398 g/mol. The first-order valence-corrected chi connectivity index (χ1v) is 9.29. The molecule has 7 nitrogen and oxygen atoms in total. The maximum atomic E-state index is 12.9. The third-order valence-corrected chi connectivity index (χ3v) is 4.77. The summed E-state index contributed by atoms with van der Waals surface area (Å²) >= 11 is 0.